The summed E-state index contributed by atoms with van der Waals surface area (Å²) in [6.07, 6.45) is 1.55. The summed E-state index contributed by atoms with van der Waals surface area (Å²) in [4.78, 5) is 2.17. The molecule has 0 saturated carbocycles. The molecule has 4 nitrogen and oxygen atoms in total. The van der Waals surface area contributed by atoms with Gasteiger partial charge in [-0.15, -0.1) is 0 Å². The molecule has 2 aromatic rings. The Morgan fingerprint density at radius 1 is 1.04 bits per heavy atom. The number of nitrogens with zero attached hydrogens (tertiary/aromatic N) is 1. The molecule has 1 N–H and O–H groups in total. The van der Waals surface area contributed by atoms with Crippen molar-refractivity contribution in [1.82, 2.24) is 4.72 Å². The Bertz CT molecular complexity index is 743. The zero-order chi connectivity index (χ0) is 16.9. The van der Waals surface area contributed by atoms with E-state index < -0.39 is 10.0 Å². The molecular formula is C17H21ClN2O2S. The van der Waals surface area contributed by atoms with Gasteiger partial charge in [-0.2, -0.15) is 0 Å². The molecule has 23 heavy (non-hydrogen) atoms. The highest BCUT2D eigenvalue weighted by Gasteiger charge is 2.16. The van der Waals surface area contributed by atoms with Gasteiger partial charge in [0.2, 0.25) is 10.0 Å². The highest BCUT2D eigenvalue weighted by Crippen LogP contribution is 2.20. The van der Waals surface area contributed by atoms with Crippen LogP contribution in [0.2, 0.25) is 5.02 Å². The number of sulfonamides is 1. The van der Waals surface area contributed by atoms with E-state index >= 15 is 0 Å². The van der Waals surface area contributed by atoms with Gasteiger partial charge < -0.3 is 4.90 Å². The summed E-state index contributed by atoms with van der Waals surface area (Å²) in [6, 6.07) is 14.7. The number of hydrogen-bond donors (Lipinski definition) is 1. The van der Waals surface area contributed by atoms with E-state index in [4.69, 9.17) is 11.6 Å². The minimum Gasteiger partial charge on any atom is -0.378 e. The first kappa shape index (κ1) is 17.8. The molecule has 0 unspecified atom stereocenters. The molecule has 0 aromatic heterocycles. The third-order valence-corrected chi connectivity index (χ3v) is 5.47. The van der Waals surface area contributed by atoms with Gasteiger partial charge in [0.05, 0.1) is 5.02 Å². The Hall–Kier alpha value is -1.56. The van der Waals surface area contributed by atoms with Crippen LogP contribution < -0.4 is 9.62 Å². The van der Waals surface area contributed by atoms with Gasteiger partial charge in [0.15, 0.2) is 0 Å². The third-order valence-electron chi connectivity index (χ3n) is 3.51. The van der Waals surface area contributed by atoms with Crippen LogP contribution in [0.1, 0.15) is 12.0 Å². The highest BCUT2D eigenvalue weighted by atomic mass is 35.5. The monoisotopic (exact) mass is 352 g/mol. The van der Waals surface area contributed by atoms with Crippen molar-refractivity contribution in [3.8, 4) is 0 Å². The number of rotatable bonds is 7. The number of benzene rings is 2. The minimum atomic E-state index is -3.55. The summed E-state index contributed by atoms with van der Waals surface area (Å²) >= 11 is 5.93. The molecule has 0 aliphatic carbocycles. The van der Waals surface area contributed by atoms with Crippen LogP contribution in [0.15, 0.2) is 53.4 Å². The highest BCUT2D eigenvalue weighted by molar-refractivity contribution is 7.89. The quantitative estimate of drug-likeness (QED) is 0.778. The summed E-state index contributed by atoms with van der Waals surface area (Å²) in [5.74, 6) is 0. The largest absolute Gasteiger partial charge is 0.378 e. The maximum atomic E-state index is 12.2. The van der Waals surface area contributed by atoms with Crippen molar-refractivity contribution < 1.29 is 8.42 Å². The van der Waals surface area contributed by atoms with Gasteiger partial charge in [0.1, 0.15) is 4.90 Å². The van der Waals surface area contributed by atoms with E-state index in [-0.39, 0.29) is 9.92 Å². The predicted molar refractivity (Wildman–Crippen MR) is 95.7 cm³/mol. The fraction of sp³-hybridized carbons (Fsp3) is 0.294. The SMILES string of the molecule is CN(C)c1ccc(CCCNS(=O)(=O)c2ccccc2Cl)cc1. The lowest BCUT2D eigenvalue weighted by atomic mass is 10.1. The van der Waals surface area contributed by atoms with Gasteiger partial charge in [0.25, 0.3) is 0 Å². The molecule has 0 aliphatic heterocycles. The van der Waals surface area contributed by atoms with E-state index in [1.807, 2.05) is 19.0 Å². The summed E-state index contributed by atoms with van der Waals surface area (Å²) in [7, 11) is 0.445. The molecule has 0 aliphatic rings. The van der Waals surface area contributed by atoms with Crippen LogP contribution in [0.4, 0.5) is 5.69 Å². The first-order chi connectivity index (χ1) is 10.9. The van der Waals surface area contributed by atoms with Crippen LogP contribution >= 0.6 is 11.6 Å². The predicted octanol–water partition coefficient (Wildman–Crippen LogP) is 3.32. The average Bonchev–Trinajstić information content (AvgIpc) is 2.52. The molecular weight excluding hydrogens is 332 g/mol. The molecule has 0 bridgehead atoms. The van der Waals surface area contributed by atoms with Crippen molar-refractivity contribution >= 4 is 27.3 Å². The van der Waals surface area contributed by atoms with Gasteiger partial charge in [0, 0.05) is 26.3 Å². The maximum absolute atomic E-state index is 12.2. The first-order valence-electron chi connectivity index (χ1n) is 7.40. The lowest BCUT2D eigenvalue weighted by Gasteiger charge is -2.12. The summed E-state index contributed by atoms with van der Waals surface area (Å²) < 4.78 is 27.0. The Labute approximate surface area is 143 Å². The van der Waals surface area contributed by atoms with E-state index in [9.17, 15) is 8.42 Å². The Kier molecular flexibility index (Phi) is 6.04. The van der Waals surface area contributed by atoms with Crippen LogP contribution in [0.25, 0.3) is 0 Å². The van der Waals surface area contributed by atoms with Crippen LogP contribution in [0.3, 0.4) is 0 Å². The smallest absolute Gasteiger partial charge is 0.242 e. The summed E-state index contributed by atoms with van der Waals surface area (Å²) in [5, 5.41) is 0.235. The lowest BCUT2D eigenvalue weighted by molar-refractivity contribution is 0.579. The molecule has 0 fully saturated rings. The zero-order valence-corrected chi connectivity index (χ0v) is 14.9. The van der Waals surface area contributed by atoms with E-state index in [0.717, 1.165) is 18.5 Å². The minimum absolute atomic E-state index is 0.122. The van der Waals surface area contributed by atoms with Gasteiger partial charge >= 0.3 is 0 Å². The topological polar surface area (TPSA) is 49.4 Å². The molecule has 2 aromatic carbocycles. The number of aryl methyl sites for hydroxylation is 1. The Morgan fingerprint density at radius 3 is 2.30 bits per heavy atom. The van der Waals surface area contributed by atoms with Crippen LogP contribution in [-0.4, -0.2) is 29.1 Å². The van der Waals surface area contributed by atoms with Gasteiger partial charge in [-0.3, -0.25) is 0 Å². The van der Waals surface area contributed by atoms with E-state index in [2.05, 4.69) is 29.0 Å². The summed E-state index contributed by atoms with van der Waals surface area (Å²) in [6.45, 7) is 0.378. The zero-order valence-electron chi connectivity index (χ0n) is 13.3. The first-order valence-corrected chi connectivity index (χ1v) is 9.27. The molecule has 0 radical (unpaired) electrons. The number of hydrogen-bond acceptors (Lipinski definition) is 3. The van der Waals surface area contributed by atoms with Gasteiger partial charge in [-0.05, 0) is 42.7 Å². The van der Waals surface area contributed by atoms with Crippen LogP contribution in [-0.2, 0) is 16.4 Å². The molecule has 6 heteroatoms. The van der Waals surface area contributed by atoms with Crippen molar-refractivity contribution in [2.24, 2.45) is 0 Å². The fourth-order valence-corrected chi connectivity index (χ4v) is 3.79. The number of nitrogens with one attached hydrogen (secondary N) is 1. The average molecular weight is 353 g/mol. The number of halogens is 1. The normalized spacial score (nSPS) is 11.4. The summed E-state index contributed by atoms with van der Waals surface area (Å²) in [5.41, 5.74) is 2.33. The maximum Gasteiger partial charge on any atom is 0.242 e. The molecule has 0 saturated heterocycles. The molecule has 0 heterocycles. The van der Waals surface area contributed by atoms with Crippen LogP contribution in [0.5, 0.6) is 0 Å². The Balaban J connectivity index is 1.86. The van der Waals surface area contributed by atoms with E-state index in [1.165, 1.54) is 11.6 Å². The van der Waals surface area contributed by atoms with Crippen molar-refractivity contribution in [2.45, 2.75) is 17.7 Å². The standard InChI is InChI=1S/C17H21ClN2O2S/c1-20(2)15-11-9-14(10-12-15)6-5-13-19-23(21,22)17-8-4-3-7-16(17)18/h3-4,7-12,19H,5-6,13H2,1-2H3. The van der Waals surface area contributed by atoms with Crippen molar-refractivity contribution in [2.75, 3.05) is 25.5 Å². The Morgan fingerprint density at radius 2 is 1.70 bits per heavy atom. The molecule has 0 amide bonds. The lowest BCUT2D eigenvalue weighted by Crippen LogP contribution is -2.25. The molecule has 124 valence electrons. The van der Waals surface area contributed by atoms with E-state index in [1.54, 1.807) is 18.2 Å². The number of anilines is 1. The second kappa shape index (κ2) is 7.81. The molecule has 0 atom stereocenters. The van der Waals surface area contributed by atoms with Gasteiger partial charge in [-0.1, -0.05) is 35.9 Å². The van der Waals surface area contributed by atoms with Crippen molar-refractivity contribution in [1.29, 1.82) is 0 Å². The van der Waals surface area contributed by atoms with Gasteiger partial charge in [-0.25, -0.2) is 13.1 Å². The van der Waals surface area contributed by atoms with Crippen molar-refractivity contribution in [3.63, 3.8) is 0 Å². The third kappa shape index (κ3) is 4.96. The molecule has 0 spiro atoms. The van der Waals surface area contributed by atoms with Crippen molar-refractivity contribution in [3.05, 3.63) is 59.1 Å². The second-order valence-electron chi connectivity index (χ2n) is 5.49. The fourth-order valence-electron chi connectivity index (χ4n) is 2.20. The molecule has 2 rings (SSSR count). The van der Waals surface area contributed by atoms with Crippen LogP contribution in [0, 0.1) is 0 Å². The van der Waals surface area contributed by atoms with E-state index in [0.29, 0.717) is 6.54 Å². The second-order valence-corrected chi connectivity index (χ2v) is 7.64.